The van der Waals surface area contributed by atoms with Crippen LogP contribution < -0.4 is 0 Å². The van der Waals surface area contributed by atoms with Crippen LogP contribution in [0.1, 0.15) is 5.56 Å². The molecule has 1 heterocycles. The van der Waals surface area contributed by atoms with E-state index in [0.29, 0.717) is 5.56 Å². The first-order valence-corrected chi connectivity index (χ1v) is 6.06. The third-order valence-corrected chi connectivity index (χ3v) is 3.46. The van der Waals surface area contributed by atoms with Gasteiger partial charge in [-0.1, -0.05) is 30.3 Å². The maximum Gasteiger partial charge on any atom is 0.187 e. The molecule has 0 spiro atoms. The zero-order valence-corrected chi connectivity index (χ0v) is 10.3. The second-order valence-corrected chi connectivity index (χ2v) is 4.80. The highest BCUT2D eigenvalue weighted by Gasteiger charge is 2.53. The van der Waals surface area contributed by atoms with Crippen LogP contribution in [-0.2, 0) is 11.2 Å². The monoisotopic (exact) mass is 270 g/mol. The summed E-state index contributed by atoms with van der Waals surface area (Å²) >= 11 is 0. The van der Waals surface area contributed by atoms with Gasteiger partial charge in [-0.25, -0.2) is 0 Å². The number of aliphatic hydroxyl groups excluding tert-OH is 4. The molecule has 1 aliphatic rings. The Morgan fingerprint density at radius 2 is 1.74 bits per heavy atom. The number of rotatable bonds is 3. The molecule has 19 heavy (non-hydrogen) atoms. The van der Waals surface area contributed by atoms with Crippen LogP contribution in [0, 0.1) is 0 Å². The average Bonchev–Trinajstić information content (AvgIpc) is 2.42. The Kier molecular flexibility index (Phi) is 4.19. The van der Waals surface area contributed by atoms with Gasteiger partial charge in [-0.3, -0.25) is 0 Å². The highest BCUT2D eigenvalue weighted by molar-refractivity contribution is 5.19. The van der Waals surface area contributed by atoms with E-state index in [2.05, 4.69) is 0 Å². The van der Waals surface area contributed by atoms with Crippen molar-refractivity contribution in [2.45, 2.75) is 36.6 Å². The van der Waals surface area contributed by atoms with Crippen LogP contribution in [0.15, 0.2) is 30.3 Å². The van der Waals surface area contributed by atoms with Gasteiger partial charge >= 0.3 is 0 Å². The van der Waals surface area contributed by atoms with E-state index >= 15 is 0 Å². The lowest BCUT2D eigenvalue weighted by Gasteiger charge is -2.46. The van der Waals surface area contributed by atoms with Gasteiger partial charge in [0.2, 0.25) is 0 Å². The van der Waals surface area contributed by atoms with Crippen molar-refractivity contribution in [2.24, 2.45) is 0 Å². The molecule has 6 heteroatoms. The van der Waals surface area contributed by atoms with E-state index in [-0.39, 0.29) is 6.42 Å². The summed E-state index contributed by atoms with van der Waals surface area (Å²) in [6.45, 7) is -0.559. The minimum Gasteiger partial charge on any atom is -0.394 e. The first-order chi connectivity index (χ1) is 8.99. The lowest BCUT2D eigenvalue weighted by Crippen LogP contribution is -2.67. The third-order valence-electron chi connectivity index (χ3n) is 3.46. The van der Waals surface area contributed by atoms with Crippen molar-refractivity contribution in [3.8, 4) is 0 Å². The maximum absolute atomic E-state index is 10.4. The molecule has 1 saturated heterocycles. The van der Waals surface area contributed by atoms with Gasteiger partial charge in [-0.2, -0.15) is 0 Å². The normalized spacial score (nSPS) is 39.2. The summed E-state index contributed by atoms with van der Waals surface area (Å²) in [6.07, 6.45) is -5.98. The molecular formula is C13H18O6. The second-order valence-electron chi connectivity index (χ2n) is 4.80. The van der Waals surface area contributed by atoms with Gasteiger partial charge in [-0.15, -0.1) is 0 Å². The first kappa shape index (κ1) is 14.4. The molecule has 5 N–H and O–H groups in total. The summed E-state index contributed by atoms with van der Waals surface area (Å²) in [5.41, 5.74) is -1.34. The van der Waals surface area contributed by atoms with E-state index in [9.17, 15) is 20.4 Å². The number of benzene rings is 1. The van der Waals surface area contributed by atoms with Gasteiger partial charge in [0.15, 0.2) is 6.29 Å². The fourth-order valence-corrected chi connectivity index (χ4v) is 2.27. The van der Waals surface area contributed by atoms with Crippen LogP contribution in [0.2, 0.25) is 0 Å². The smallest absolute Gasteiger partial charge is 0.187 e. The van der Waals surface area contributed by atoms with Gasteiger partial charge in [0, 0.05) is 6.42 Å². The minimum atomic E-state index is -2.02. The van der Waals surface area contributed by atoms with Gasteiger partial charge in [0.05, 0.1) is 6.61 Å². The van der Waals surface area contributed by atoms with Crippen molar-refractivity contribution >= 4 is 0 Å². The highest BCUT2D eigenvalue weighted by Crippen LogP contribution is 2.31. The predicted molar refractivity (Wildman–Crippen MR) is 65.1 cm³/mol. The molecule has 0 aromatic heterocycles. The van der Waals surface area contributed by atoms with Crippen LogP contribution >= 0.6 is 0 Å². The Balaban J connectivity index is 2.21. The molecule has 0 radical (unpaired) electrons. The molecule has 0 saturated carbocycles. The van der Waals surface area contributed by atoms with Crippen molar-refractivity contribution < 1.29 is 30.3 Å². The van der Waals surface area contributed by atoms with Crippen LogP contribution in [0.25, 0.3) is 0 Å². The highest BCUT2D eigenvalue weighted by atomic mass is 16.6. The molecule has 2 rings (SSSR count). The zero-order chi connectivity index (χ0) is 14.0. The summed E-state index contributed by atoms with van der Waals surface area (Å²) in [6, 6.07) is 8.76. The fourth-order valence-electron chi connectivity index (χ4n) is 2.27. The largest absolute Gasteiger partial charge is 0.394 e. The summed E-state index contributed by atoms with van der Waals surface area (Å²) in [4.78, 5) is 0. The topological polar surface area (TPSA) is 110 Å². The van der Waals surface area contributed by atoms with Crippen LogP contribution in [0.4, 0.5) is 0 Å². The van der Waals surface area contributed by atoms with E-state index in [1.54, 1.807) is 30.3 Å². The van der Waals surface area contributed by atoms with Gasteiger partial charge in [0.1, 0.15) is 23.9 Å². The molecule has 1 fully saturated rings. The molecule has 5 atom stereocenters. The summed E-state index contributed by atoms with van der Waals surface area (Å²) in [7, 11) is 0. The zero-order valence-electron chi connectivity index (χ0n) is 10.3. The van der Waals surface area contributed by atoms with E-state index in [1.807, 2.05) is 0 Å². The Morgan fingerprint density at radius 3 is 2.32 bits per heavy atom. The first-order valence-electron chi connectivity index (χ1n) is 6.06. The molecule has 0 aliphatic carbocycles. The molecule has 0 unspecified atom stereocenters. The Hall–Kier alpha value is -1.02. The number of hydrogen-bond acceptors (Lipinski definition) is 6. The molecule has 0 bridgehead atoms. The summed E-state index contributed by atoms with van der Waals surface area (Å²) < 4.78 is 4.95. The molecule has 1 aromatic rings. The van der Waals surface area contributed by atoms with Crippen molar-refractivity contribution in [1.29, 1.82) is 0 Å². The van der Waals surface area contributed by atoms with Crippen molar-refractivity contribution in [3.63, 3.8) is 0 Å². The number of ether oxygens (including phenoxy) is 1. The van der Waals surface area contributed by atoms with E-state index in [4.69, 9.17) is 9.84 Å². The second kappa shape index (κ2) is 5.54. The lowest BCUT2D eigenvalue weighted by atomic mass is 9.82. The Bertz CT molecular complexity index is 411. The van der Waals surface area contributed by atoms with Crippen molar-refractivity contribution in [3.05, 3.63) is 35.9 Å². The van der Waals surface area contributed by atoms with Crippen molar-refractivity contribution in [1.82, 2.24) is 0 Å². The molecule has 6 nitrogen and oxygen atoms in total. The summed E-state index contributed by atoms with van der Waals surface area (Å²) in [5, 5.41) is 48.9. The fraction of sp³-hybridized carbons (Fsp3) is 0.538. The Morgan fingerprint density at radius 1 is 1.11 bits per heavy atom. The van der Waals surface area contributed by atoms with Crippen molar-refractivity contribution in [2.75, 3.05) is 6.61 Å². The molecular weight excluding hydrogens is 252 g/mol. The van der Waals surface area contributed by atoms with E-state index in [1.165, 1.54) is 0 Å². The minimum absolute atomic E-state index is 0.0780. The maximum atomic E-state index is 10.4. The quantitative estimate of drug-likeness (QED) is 0.452. The van der Waals surface area contributed by atoms with Crippen LogP contribution in [0.3, 0.4) is 0 Å². The predicted octanol–water partition coefficient (Wildman–Crippen LogP) is -1.61. The average molecular weight is 270 g/mol. The lowest BCUT2D eigenvalue weighted by molar-refractivity contribution is -0.328. The van der Waals surface area contributed by atoms with E-state index < -0.39 is 36.8 Å². The SMILES string of the molecule is OC[C@H]1O[C@H](O)[C@@](O)(Cc2ccccc2)[C@@H](O)[C@H]1O. The number of aliphatic hydroxyl groups is 5. The van der Waals surface area contributed by atoms with Crippen LogP contribution in [0.5, 0.6) is 0 Å². The molecule has 1 aromatic carbocycles. The number of hydrogen-bond donors (Lipinski definition) is 5. The molecule has 106 valence electrons. The molecule has 1 aliphatic heterocycles. The van der Waals surface area contributed by atoms with Crippen LogP contribution in [-0.4, -0.2) is 62.3 Å². The van der Waals surface area contributed by atoms with E-state index in [0.717, 1.165) is 0 Å². The molecule has 0 amide bonds. The summed E-state index contributed by atoms with van der Waals surface area (Å²) in [5.74, 6) is 0. The van der Waals surface area contributed by atoms with Gasteiger partial charge in [0.25, 0.3) is 0 Å². The third kappa shape index (κ3) is 2.64. The van der Waals surface area contributed by atoms with Gasteiger partial charge < -0.3 is 30.3 Å². The van der Waals surface area contributed by atoms with Gasteiger partial charge in [-0.05, 0) is 5.56 Å². The standard InChI is InChI=1S/C13H18O6/c14-7-9-10(15)11(16)13(18,12(17)19-9)6-8-4-2-1-3-5-8/h1-5,9-12,14-18H,6-7H2/t9-,10+,11+,12+,13-/m1/s1. The Labute approximate surface area is 110 Å².